The molecule has 8 heteroatoms. The summed E-state index contributed by atoms with van der Waals surface area (Å²) in [4.78, 5) is 22.3. The summed E-state index contributed by atoms with van der Waals surface area (Å²) in [6, 6.07) is 0. The highest BCUT2D eigenvalue weighted by molar-refractivity contribution is 7.91. The molecule has 0 saturated carbocycles. The number of hydrogen-bond acceptors (Lipinski definition) is 6. The molecule has 0 aliphatic carbocycles. The van der Waals surface area contributed by atoms with Gasteiger partial charge in [-0.15, -0.1) is 0 Å². The Bertz CT molecular complexity index is 462. The lowest BCUT2D eigenvalue weighted by Crippen LogP contribution is -2.18. The van der Waals surface area contributed by atoms with Crippen LogP contribution in [0.1, 0.15) is 13.8 Å². The van der Waals surface area contributed by atoms with E-state index in [-0.39, 0.29) is 25.8 Å². The summed E-state index contributed by atoms with van der Waals surface area (Å²) < 4.78 is 16.4. The van der Waals surface area contributed by atoms with Gasteiger partial charge in [-0.2, -0.15) is 0 Å². The van der Waals surface area contributed by atoms with Crippen LogP contribution >= 0.6 is 32.3 Å². The number of carbonyl (C=O) groups is 1. The van der Waals surface area contributed by atoms with E-state index in [1.807, 2.05) is 0 Å². The van der Waals surface area contributed by atoms with E-state index in [0.29, 0.717) is 0 Å². The zero-order valence-corrected chi connectivity index (χ0v) is 11.7. The molecule has 0 amide bonds. The Kier molecular flexibility index (Phi) is 5.10. The predicted molar refractivity (Wildman–Crippen MR) is 66.0 cm³/mol. The Morgan fingerprint density at radius 3 is 2.56 bits per heavy atom. The highest BCUT2D eigenvalue weighted by Crippen LogP contribution is 2.25. The van der Waals surface area contributed by atoms with Crippen LogP contribution in [0.15, 0.2) is 9.00 Å². The normalized spacial score (nSPS) is 12.8. The van der Waals surface area contributed by atoms with Crippen molar-refractivity contribution < 1.29 is 13.7 Å². The van der Waals surface area contributed by atoms with E-state index in [0.717, 1.165) is 20.7 Å². The summed E-state index contributed by atoms with van der Waals surface area (Å²) >= 11 is 5.66. The molecule has 1 atom stereocenters. The molecule has 0 aromatic carbocycles. The predicted octanol–water partition coefficient (Wildman–Crippen LogP) is 1.88. The summed E-state index contributed by atoms with van der Waals surface area (Å²) in [6.45, 7) is 3.41. The quantitative estimate of drug-likeness (QED) is 0.629. The van der Waals surface area contributed by atoms with Gasteiger partial charge in [-0.1, -0.05) is 21.9 Å². The number of carbonyl (C=O) groups excluding carboxylic acids is 1. The molecule has 90 valence electrons. The maximum Gasteiger partial charge on any atom is 0.319 e. The molecule has 0 aliphatic heterocycles. The molecule has 1 heterocycles. The first-order chi connectivity index (χ1) is 7.41. The minimum absolute atomic E-state index is 0.0503. The lowest BCUT2D eigenvalue weighted by molar-refractivity contribution is -0.144. The van der Waals surface area contributed by atoms with Gasteiger partial charge >= 0.3 is 5.97 Å². The standard InChI is InChI=1S/C8H9ClO4S3/c1-4(2)13-5(10)3-16(12)8-6(9)7(11)14-15-8/h4H,3H2,1-2H3. The van der Waals surface area contributed by atoms with Gasteiger partial charge in [-0.25, -0.2) is 0 Å². The first-order valence-electron chi connectivity index (χ1n) is 4.28. The van der Waals surface area contributed by atoms with Gasteiger partial charge in [-0.05, 0) is 24.2 Å². The second-order valence-electron chi connectivity index (χ2n) is 3.08. The van der Waals surface area contributed by atoms with Crippen molar-refractivity contribution in [3.63, 3.8) is 0 Å². The summed E-state index contributed by atoms with van der Waals surface area (Å²) in [6.07, 6.45) is -0.249. The second kappa shape index (κ2) is 5.90. The molecule has 0 fully saturated rings. The lowest BCUT2D eigenvalue weighted by Gasteiger charge is -2.06. The molecule has 1 unspecified atom stereocenters. The molecule has 1 aromatic heterocycles. The van der Waals surface area contributed by atoms with E-state index in [2.05, 4.69) is 0 Å². The van der Waals surface area contributed by atoms with Gasteiger partial charge in [0, 0.05) is 0 Å². The molecular weight excluding hydrogens is 292 g/mol. The Morgan fingerprint density at radius 1 is 1.50 bits per heavy atom. The van der Waals surface area contributed by atoms with Crippen LogP contribution in [0, 0.1) is 0 Å². The number of ether oxygens (including phenoxy) is 1. The molecule has 16 heavy (non-hydrogen) atoms. The molecule has 0 aliphatic rings. The lowest BCUT2D eigenvalue weighted by atomic mass is 10.5. The van der Waals surface area contributed by atoms with Crippen LogP contribution in [0.25, 0.3) is 0 Å². The van der Waals surface area contributed by atoms with Crippen molar-refractivity contribution in [2.24, 2.45) is 0 Å². The van der Waals surface area contributed by atoms with Crippen LogP contribution in [0.5, 0.6) is 0 Å². The highest BCUT2D eigenvalue weighted by atomic mass is 35.5. The molecular formula is C8H9ClO4S3. The first-order valence-corrected chi connectivity index (χ1v) is 8.13. The third-order valence-corrected chi connectivity index (χ3v) is 6.31. The third-order valence-electron chi connectivity index (χ3n) is 1.37. The zero-order valence-electron chi connectivity index (χ0n) is 8.52. The Morgan fingerprint density at radius 2 is 2.12 bits per heavy atom. The van der Waals surface area contributed by atoms with Crippen molar-refractivity contribution in [2.75, 3.05) is 5.75 Å². The van der Waals surface area contributed by atoms with Crippen LogP contribution in [0.4, 0.5) is 0 Å². The molecule has 0 N–H and O–H groups in total. The van der Waals surface area contributed by atoms with E-state index in [4.69, 9.17) is 16.3 Å². The minimum atomic E-state index is -1.60. The average molecular weight is 301 g/mol. The smallest absolute Gasteiger partial charge is 0.319 e. The maximum atomic E-state index is 11.7. The highest BCUT2D eigenvalue weighted by Gasteiger charge is 2.19. The minimum Gasteiger partial charge on any atom is -0.462 e. The summed E-state index contributed by atoms with van der Waals surface area (Å²) in [7, 11) is 0.346. The summed E-state index contributed by atoms with van der Waals surface area (Å²) in [5, 5.41) is -0.0503. The fraction of sp³-hybridized carbons (Fsp3) is 0.500. The van der Waals surface area contributed by atoms with E-state index >= 15 is 0 Å². The number of hydrogen-bond donors (Lipinski definition) is 0. The molecule has 4 nitrogen and oxygen atoms in total. The largest absolute Gasteiger partial charge is 0.462 e. The van der Waals surface area contributed by atoms with Crippen LogP contribution in [0.3, 0.4) is 0 Å². The van der Waals surface area contributed by atoms with Crippen molar-refractivity contribution in [1.29, 1.82) is 0 Å². The van der Waals surface area contributed by atoms with Crippen molar-refractivity contribution in [2.45, 2.75) is 24.2 Å². The number of halogens is 1. The summed E-state index contributed by atoms with van der Waals surface area (Å²) in [5.74, 6) is -0.833. The fourth-order valence-corrected chi connectivity index (χ4v) is 5.35. The van der Waals surface area contributed by atoms with Gasteiger partial charge < -0.3 is 4.74 Å². The van der Waals surface area contributed by atoms with Gasteiger partial charge in [0.05, 0.1) is 16.9 Å². The molecule has 0 radical (unpaired) electrons. The van der Waals surface area contributed by atoms with Gasteiger partial charge in [-0.3, -0.25) is 13.8 Å². The Labute approximate surface area is 107 Å². The van der Waals surface area contributed by atoms with Gasteiger partial charge in [0.15, 0.2) is 0 Å². The average Bonchev–Trinajstić information content (AvgIpc) is 2.45. The monoisotopic (exact) mass is 300 g/mol. The molecule has 0 saturated heterocycles. The molecule has 1 aromatic rings. The van der Waals surface area contributed by atoms with E-state index in [9.17, 15) is 13.8 Å². The van der Waals surface area contributed by atoms with Crippen LogP contribution in [-0.2, 0) is 20.3 Å². The molecule has 1 rings (SSSR count). The van der Waals surface area contributed by atoms with Gasteiger partial charge in [0.1, 0.15) is 15.0 Å². The van der Waals surface area contributed by atoms with Gasteiger partial charge in [0.2, 0.25) is 0 Å². The SMILES string of the molecule is CC(C)OC(=O)CS(=O)c1ssc(=O)c1Cl. The number of rotatable bonds is 4. The zero-order chi connectivity index (χ0) is 12.3. The van der Waals surface area contributed by atoms with Gasteiger partial charge in [0.25, 0.3) is 4.74 Å². The van der Waals surface area contributed by atoms with Crippen molar-refractivity contribution in [3.8, 4) is 0 Å². The van der Waals surface area contributed by atoms with Crippen molar-refractivity contribution in [3.05, 3.63) is 14.6 Å². The third kappa shape index (κ3) is 3.65. The second-order valence-corrected chi connectivity index (χ2v) is 7.22. The first kappa shape index (κ1) is 13.8. The van der Waals surface area contributed by atoms with E-state index in [1.54, 1.807) is 13.8 Å². The van der Waals surface area contributed by atoms with Crippen LogP contribution in [-0.4, -0.2) is 22.0 Å². The number of esters is 1. The van der Waals surface area contributed by atoms with E-state index in [1.165, 1.54) is 0 Å². The maximum absolute atomic E-state index is 11.7. The topological polar surface area (TPSA) is 60.4 Å². The molecule has 0 bridgehead atoms. The molecule has 0 spiro atoms. The Hall–Kier alpha value is -0.240. The Balaban J connectivity index is 2.70. The van der Waals surface area contributed by atoms with Crippen LogP contribution < -0.4 is 4.74 Å². The summed E-state index contributed by atoms with van der Waals surface area (Å²) in [5.41, 5.74) is 0. The van der Waals surface area contributed by atoms with Crippen molar-refractivity contribution in [1.82, 2.24) is 0 Å². The fourth-order valence-electron chi connectivity index (χ4n) is 0.840. The van der Waals surface area contributed by atoms with Crippen LogP contribution in [0.2, 0.25) is 5.02 Å². The van der Waals surface area contributed by atoms with E-state index < -0.39 is 16.8 Å². The van der Waals surface area contributed by atoms with Crippen molar-refractivity contribution >= 4 is 49.1 Å².